The van der Waals surface area contributed by atoms with Gasteiger partial charge < -0.3 is 10.8 Å². The maximum atomic E-state index is 10.7. The van der Waals surface area contributed by atoms with Crippen LogP contribution in [0.1, 0.15) is 6.92 Å². The molecule has 1 rings (SSSR count). The number of nitrogens with two attached hydrogens (primary N) is 1. The molecule has 0 saturated carbocycles. The van der Waals surface area contributed by atoms with Crippen molar-refractivity contribution in [1.29, 1.82) is 0 Å². The molecule has 0 unspecified atom stereocenters. The molecule has 0 fully saturated rings. The quantitative estimate of drug-likeness (QED) is 0.597. The molecule has 0 spiro atoms. The van der Waals surface area contributed by atoms with Gasteiger partial charge in [-0.2, -0.15) is 0 Å². The maximum Gasteiger partial charge on any atom is 0.317 e. The van der Waals surface area contributed by atoms with E-state index in [0.29, 0.717) is 6.54 Å². The first-order chi connectivity index (χ1) is 5.58. The van der Waals surface area contributed by atoms with Crippen molar-refractivity contribution in [2.45, 2.75) is 6.92 Å². The van der Waals surface area contributed by atoms with Crippen LogP contribution in [-0.4, -0.2) is 17.6 Å². The van der Waals surface area contributed by atoms with E-state index in [1.807, 2.05) is 12.2 Å². The summed E-state index contributed by atoms with van der Waals surface area (Å²) >= 11 is 0. The molecular formula is C9H13NO2. The highest BCUT2D eigenvalue weighted by molar-refractivity contribution is 5.79. The number of hydrogen-bond acceptors (Lipinski definition) is 2. The number of aliphatic carboxylic acids is 1. The molecule has 66 valence electrons. The number of carbonyl (C=O) groups is 1. The van der Waals surface area contributed by atoms with Gasteiger partial charge in [-0.25, -0.2) is 0 Å². The number of rotatable bonds is 2. The van der Waals surface area contributed by atoms with Gasteiger partial charge in [0.05, 0.1) is 0 Å². The highest BCUT2D eigenvalue weighted by Crippen LogP contribution is 2.26. The van der Waals surface area contributed by atoms with Crippen LogP contribution in [0.4, 0.5) is 0 Å². The molecule has 0 radical (unpaired) electrons. The molecule has 0 aromatic heterocycles. The summed E-state index contributed by atoms with van der Waals surface area (Å²) in [6.07, 6.45) is 7.06. The zero-order valence-corrected chi connectivity index (χ0v) is 7.03. The van der Waals surface area contributed by atoms with E-state index in [1.165, 1.54) is 0 Å². The van der Waals surface area contributed by atoms with E-state index in [2.05, 4.69) is 0 Å². The summed E-state index contributed by atoms with van der Waals surface area (Å²) in [6.45, 7) is 2.19. The zero-order valence-electron chi connectivity index (χ0n) is 7.03. The van der Waals surface area contributed by atoms with E-state index in [1.54, 1.807) is 19.1 Å². The third-order valence-electron chi connectivity index (χ3n) is 2.11. The Morgan fingerprint density at radius 2 is 2.08 bits per heavy atom. The lowest BCUT2D eigenvalue weighted by atomic mass is 9.83. The predicted molar refractivity (Wildman–Crippen MR) is 46.6 cm³/mol. The standard InChI is InChI=1S/C9H13NO2/c1-9(8(11)12)4-2-7(6-10)3-5-9/h2-5,7H,6,10H2,1H3,(H,11,12). The Kier molecular flexibility index (Phi) is 2.33. The van der Waals surface area contributed by atoms with Crippen LogP contribution < -0.4 is 5.73 Å². The number of carboxylic acid groups (broad SMARTS) is 1. The van der Waals surface area contributed by atoms with Gasteiger partial charge in [0.1, 0.15) is 5.41 Å². The zero-order chi connectivity index (χ0) is 9.19. The van der Waals surface area contributed by atoms with Crippen molar-refractivity contribution in [2.24, 2.45) is 17.1 Å². The molecule has 0 heterocycles. The third-order valence-corrected chi connectivity index (χ3v) is 2.11. The summed E-state index contributed by atoms with van der Waals surface area (Å²) in [6, 6.07) is 0. The van der Waals surface area contributed by atoms with Crippen LogP contribution in [0.2, 0.25) is 0 Å². The smallest absolute Gasteiger partial charge is 0.317 e. The lowest BCUT2D eigenvalue weighted by molar-refractivity contribution is -0.142. The van der Waals surface area contributed by atoms with Crippen LogP contribution in [0.25, 0.3) is 0 Å². The van der Waals surface area contributed by atoms with E-state index in [-0.39, 0.29) is 5.92 Å². The second-order valence-electron chi connectivity index (χ2n) is 3.21. The van der Waals surface area contributed by atoms with Crippen LogP contribution >= 0.6 is 0 Å². The molecule has 12 heavy (non-hydrogen) atoms. The van der Waals surface area contributed by atoms with E-state index in [9.17, 15) is 4.79 Å². The summed E-state index contributed by atoms with van der Waals surface area (Å²) in [4.78, 5) is 10.7. The highest BCUT2D eigenvalue weighted by Gasteiger charge is 2.28. The van der Waals surface area contributed by atoms with Gasteiger partial charge in [0.15, 0.2) is 0 Å². The first-order valence-corrected chi connectivity index (χ1v) is 3.90. The third kappa shape index (κ3) is 1.56. The number of hydrogen-bond donors (Lipinski definition) is 2. The normalized spacial score (nSPS) is 33.7. The summed E-state index contributed by atoms with van der Waals surface area (Å²) in [5.41, 5.74) is 4.58. The highest BCUT2D eigenvalue weighted by atomic mass is 16.4. The topological polar surface area (TPSA) is 63.3 Å². The largest absolute Gasteiger partial charge is 0.480 e. The monoisotopic (exact) mass is 167 g/mol. The van der Waals surface area contributed by atoms with Crippen molar-refractivity contribution in [3.8, 4) is 0 Å². The van der Waals surface area contributed by atoms with E-state index < -0.39 is 11.4 Å². The Bertz CT molecular complexity index is 229. The lowest BCUT2D eigenvalue weighted by Gasteiger charge is -2.21. The van der Waals surface area contributed by atoms with Crippen molar-refractivity contribution < 1.29 is 9.90 Å². The Labute approximate surface area is 71.6 Å². The fraction of sp³-hybridized carbons (Fsp3) is 0.444. The molecule has 0 amide bonds. The molecule has 0 aromatic rings. The average molecular weight is 167 g/mol. The Morgan fingerprint density at radius 3 is 2.42 bits per heavy atom. The van der Waals surface area contributed by atoms with E-state index in [0.717, 1.165) is 0 Å². The van der Waals surface area contributed by atoms with Crippen molar-refractivity contribution in [1.82, 2.24) is 0 Å². The first kappa shape index (κ1) is 9.00. The Hall–Kier alpha value is -1.09. The summed E-state index contributed by atoms with van der Waals surface area (Å²) < 4.78 is 0. The molecule has 1 aliphatic rings. The van der Waals surface area contributed by atoms with Crippen LogP contribution in [-0.2, 0) is 4.79 Å². The van der Waals surface area contributed by atoms with Crippen LogP contribution in [0.3, 0.4) is 0 Å². The van der Waals surface area contributed by atoms with Gasteiger partial charge in [0, 0.05) is 12.5 Å². The van der Waals surface area contributed by atoms with Crippen molar-refractivity contribution in [2.75, 3.05) is 6.54 Å². The minimum atomic E-state index is -0.842. The van der Waals surface area contributed by atoms with Gasteiger partial charge in [0.2, 0.25) is 0 Å². The van der Waals surface area contributed by atoms with Gasteiger partial charge in [-0.1, -0.05) is 24.3 Å². The van der Waals surface area contributed by atoms with Crippen LogP contribution in [0, 0.1) is 11.3 Å². The van der Waals surface area contributed by atoms with Gasteiger partial charge in [-0.05, 0) is 6.92 Å². The van der Waals surface area contributed by atoms with E-state index in [4.69, 9.17) is 10.8 Å². The van der Waals surface area contributed by atoms with E-state index >= 15 is 0 Å². The number of carboxylic acids is 1. The van der Waals surface area contributed by atoms with Gasteiger partial charge in [0.25, 0.3) is 0 Å². The van der Waals surface area contributed by atoms with Crippen molar-refractivity contribution >= 4 is 5.97 Å². The SMILES string of the molecule is CC1(C(=O)O)C=CC(CN)C=C1. The van der Waals surface area contributed by atoms with Crippen molar-refractivity contribution in [3.05, 3.63) is 24.3 Å². The molecule has 0 saturated heterocycles. The molecule has 1 aliphatic carbocycles. The molecule has 0 bridgehead atoms. The fourth-order valence-electron chi connectivity index (χ4n) is 1.07. The molecule has 3 heteroatoms. The summed E-state index contributed by atoms with van der Waals surface area (Å²) in [5.74, 6) is -0.636. The van der Waals surface area contributed by atoms with Crippen molar-refractivity contribution in [3.63, 3.8) is 0 Å². The first-order valence-electron chi connectivity index (χ1n) is 3.90. The molecular weight excluding hydrogens is 154 g/mol. The van der Waals surface area contributed by atoms with Crippen LogP contribution in [0.15, 0.2) is 24.3 Å². The molecule has 0 aliphatic heterocycles. The maximum absolute atomic E-state index is 10.7. The summed E-state index contributed by atoms with van der Waals surface area (Å²) in [5, 5.41) is 8.82. The predicted octanol–water partition coefficient (Wildman–Crippen LogP) is 0.778. The molecule has 0 atom stereocenters. The van der Waals surface area contributed by atoms with Gasteiger partial charge >= 0.3 is 5.97 Å². The molecule has 0 aromatic carbocycles. The second-order valence-corrected chi connectivity index (χ2v) is 3.21. The second kappa shape index (κ2) is 3.11. The minimum absolute atomic E-state index is 0.192. The van der Waals surface area contributed by atoms with Gasteiger partial charge in [-0.15, -0.1) is 0 Å². The average Bonchev–Trinajstić information content (AvgIpc) is 2.06. The fourth-order valence-corrected chi connectivity index (χ4v) is 1.07. The minimum Gasteiger partial charge on any atom is -0.480 e. The van der Waals surface area contributed by atoms with Crippen LogP contribution in [0.5, 0.6) is 0 Å². The lowest BCUT2D eigenvalue weighted by Crippen LogP contribution is -2.26. The Balaban J connectivity index is 2.78. The van der Waals surface area contributed by atoms with Gasteiger partial charge in [-0.3, -0.25) is 4.79 Å². The summed E-state index contributed by atoms with van der Waals surface area (Å²) in [7, 11) is 0. The molecule has 3 nitrogen and oxygen atoms in total. The Morgan fingerprint density at radius 1 is 1.58 bits per heavy atom. The molecule has 3 N–H and O–H groups in total.